The molecule has 0 saturated carbocycles. The van der Waals surface area contributed by atoms with E-state index in [-0.39, 0.29) is 0 Å². The maximum Gasteiger partial charge on any atom is 0.0951 e. The molecule has 18 heavy (non-hydrogen) atoms. The van der Waals surface area contributed by atoms with Gasteiger partial charge in [0.05, 0.1) is 13.4 Å². The average Bonchev–Trinajstić information content (AvgIpc) is 2.29. The molecule has 0 spiro atoms. The lowest BCUT2D eigenvalue weighted by atomic mass is 10.2. The van der Waals surface area contributed by atoms with Crippen LogP contribution in [-0.2, 0) is 4.57 Å². The van der Waals surface area contributed by atoms with Crippen LogP contribution in [0.15, 0.2) is 24.3 Å². The zero-order chi connectivity index (χ0) is 13.2. The third kappa shape index (κ3) is 3.86. The van der Waals surface area contributed by atoms with Gasteiger partial charge < -0.3 is 9.46 Å². The number of aryl methyl sites for hydroxylation is 1. The van der Waals surface area contributed by atoms with Gasteiger partial charge in [0.15, 0.2) is 0 Å². The molecule has 1 saturated heterocycles. The molecular weight excluding hydrogens is 243 g/mol. The first-order chi connectivity index (χ1) is 8.44. The van der Waals surface area contributed by atoms with E-state index in [1.165, 1.54) is 11.3 Å². The van der Waals surface area contributed by atoms with Crippen LogP contribution >= 0.6 is 7.14 Å². The lowest BCUT2D eigenvalue weighted by Crippen LogP contribution is -2.46. The molecule has 0 bridgehead atoms. The predicted molar refractivity (Wildman–Crippen MR) is 79.3 cm³/mol. The number of anilines is 1. The van der Waals surface area contributed by atoms with E-state index in [0.717, 1.165) is 32.5 Å². The van der Waals surface area contributed by atoms with Crippen LogP contribution in [0.25, 0.3) is 0 Å². The first kappa shape index (κ1) is 13.6. The van der Waals surface area contributed by atoms with Crippen molar-refractivity contribution in [3.05, 3.63) is 29.8 Å². The summed E-state index contributed by atoms with van der Waals surface area (Å²) in [6, 6.07) is 8.70. The highest BCUT2D eigenvalue weighted by Crippen LogP contribution is 2.36. The van der Waals surface area contributed by atoms with E-state index in [1.807, 2.05) is 13.3 Å². The van der Waals surface area contributed by atoms with Crippen molar-refractivity contribution in [3.8, 4) is 0 Å². The van der Waals surface area contributed by atoms with Crippen molar-refractivity contribution in [2.45, 2.75) is 6.92 Å². The van der Waals surface area contributed by atoms with Gasteiger partial charge in [-0.25, -0.2) is 0 Å². The zero-order valence-corrected chi connectivity index (χ0v) is 12.5. The molecule has 4 heteroatoms. The Morgan fingerprint density at radius 1 is 1.06 bits per heavy atom. The SMILES string of the molecule is Cc1ccc(N2CCN(CP(C)(C)=O)CC2)cc1. The molecule has 0 radical (unpaired) electrons. The third-order valence-electron chi connectivity index (χ3n) is 3.31. The third-order valence-corrected chi connectivity index (χ3v) is 4.39. The Bertz CT molecular complexity index is 430. The molecule has 1 heterocycles. The summed E-state index contributed by atoms with van der Waals surface area (Å²) in [5.74, 6) is 0. The van der Waals surface area contributed by atoms with Crippen molar-refractivity contribution in [1.29, 1.82) is 0 Å². The number of nitrogens with zero attached hydrogens (tertiary/aromatic N) is 2. The molecule has 0 aliphatic carbocycles. The van der Waals surface area contributed by atoms with Gasteiger partial charge >= 0.3 is 0 Å². The van der Waals surface area contributed by atoms with Crippen LogP contribution in [0.2, 0.25) is 0 Å². The Balaban J connectivity index is 1.90. The van der Waals surface area contributed by atoms with Gasteiger partial charge in [0, 0.05) is 31.9 Å². The summed E-state index contributed by atoms with van der Waals surface area (Å²) in [6.45, 7) is 9.95. The standard InChI is InChI=1S/C14H23N2OP/c1-13-4-6-14(7-5-13)16-10-8-15(9-11-16)12-18(2,3)17/h4-7H,8-12H2,1-3H3. The summed E-state index contributed by atoms with van der Waals surface area (Å²) in [5, 5.41) is 0. The lowest BCUT2D eigenvalue weighted by molar-refractivity contribution is 0.294. The van der Waals surface area contributed by atoms with Gasteiger partial charge in [-0.2, -0.15) is 0 Å². The first-order valence-corrected chi connectivity index (χ1v) is 9.31. The van der Waals surface area contributed by atoms with Crippen molar-refractivity contribution in [1.82, 2.24) is 4.90 Å². The Morgan fingerprint density at radius 2 is 1.61 bits per heavy atom. The van der Waals surface area contributed by atoms with E-state index in [9.17, 15) is 4.57 Å². The van der Waals surface area contributed by atoms with Gasteiger partial charge in [-0.15, -0.1) is 0 Å². The van der Waals surface area contributed by atoms with E-state index in [2.05, 4.69) is 41.0 Å². The quantitative estimate of drug-likeness (QED) is 0.786. The number of hydrogen-bond donors (Lipinski definition) is 0. The molecule has 0 atom stereocenters. The van der Waals surface area contributed by atoms with E-state index < -0.39 is 7.14 Å². The maximum absolute atomic E-state index is 11.8. The molecule has 1 fully saturated rings. The van der Waals surface area contributed by atoms with E-state index in [1.54, 1.807) is 0 Å². The molecule has 2 rings (SSSR count). The largest absolute Gasteiger partial charge is 0.369 e. The van der Waals surface area contributed by atoms with Crippen LogP contribution in [-0.4, -0.2) is 50.7 Å². The van der Waals surface area contributed by atoms with Gasteiger partial charge in [-0.3, -0.25) is 4.90 Å². The Kier molecular flexibility index (Phi) is 4.14. The Morgan fingerprint density at radius 3 is 2.11 bits per heavy atom. The lowest BCUT2D eigenvalue weighted by Gasteiger charge is -2.36. The van der Waals surface area contributed by atoms with E-state index in [0.29, 0.717) is 0 Å². The summed E-state index contributed by atoms with van der Waals surface area (Å²) in [6.07, 6.45) is 0.759. The van der Waals surface area contributed by atoms with Crippen molar-refractivity contribution in [2.75, 3.05) is 50.7 Å². The monoisotopic (exact) mass is 266 g/mol. The number of benzene rings is 1. The van der Waals surface area contributed by atoms with Gasteiger partial charge in [0.25, 0.3) is 0 Å². The molecule has 3 nitrogen and oxygen atoms in total. The fourth-order valence-electron chi connectivity index (χ4n) is 2.38. The maximum atomic E-state index is 11.8. The first-order valence-electron chi connectivity index (χ1n) is 6.52. The molecule has 100 valence electrons. The number of piperazine rings is 1. The summed E-state index contributed by atoms with van der Waals surface area (Å²) in [4.78, 5) is 4.73. The normalized spacial score (nSPS) is 18.1. The highest BCUT2D eigenvalue weighted by Gasteiger charge is 2.20. The van der Waals surface area contributed by atoms with Crippen LogP contribution in [0.3, 0.4) is 0 Å². The van der Waals surface area contributed by atoms with Crippen LogP contribution in [0.5, 0.6) is 0 Å². The molecule has 0 unspecified atom stereocenters. The van der Waals surface area contributed by atoms with Gasteiger partial charge in [-0.1, -0.05) is 17.7 Å². The van der Waals surface area contributed by atoms with Crippen molar-refractivity contribution >= 4 is 12.8 Å². The van der Waals surface area contributed by atoms with Gasteiger partial charge in [-0.05, 0) is 32.4 Å². The van der Waals surface area contributed by atoms with Gasteiger partial charge in [0.1, 0.15) is 0 Å². The van der Waals surface area contributed by atoms with Crippen LogP contribution in [0, 0.1) is 6.92 Å². The minimum atomic E-state index is -1.93. The molecular formula is C14H23N2OP. The van der Waals surface area contributed by atoms with Crippen LogP contribution < -0.4 is 4.90 Å². The Labute approximate surface area is 110 Å². The highest BCUT2D eigenvalue weighted by molar-refractivity contribution is 7.62. The smallest absolute Gasteiger partial charge is 0.0951 e. The zero-order valence-electron chi connectivity index (χ0n) is 11.6. The molecule has 0 N–H and O–H groups in total. The predicted octanol–water partition coefficient (Wildman–Crippen LogP) is 2.70. The minimum Gasteiger partial charge on any atom is -0.369 e. The molecule has 1 aliphatic rings. The average molecular weight is 266 g/mol. The second-order valence-electron chi connectivity index (χ2n) is 5.66. The summed E-state index contributed by atoms with van der Waals surface area (Å²) >= 11 is 0. The molecule has 0 amide bonds. The van der Waals surface area contributed by atoms with Crippen LogP contribution in [0.1, 0.15) is 5.56 Å². The summed E-state index contributed by atoms with van der Waals surface area (Å²) < 4.78 is 11.8. The number of rotatable bonds is 3. The van der Waals surface area contributed by atoms with Gasteiger partial charge in [0.2, 0.25) is 0 Å². The summed E-state index contributed by atoms with van der Waals surface area (Å²) in [7, 11) is -1.93. The van der Waals surface area contributed by atoms with Crippen molar-refractivity contribution in [2.24, 2.45) is 0 Å². The fraction of sp³-hybridized carbons (Fsp3) is 0.571. The Hall–Kier alpha value is -0.790. The fourth-order valence-corrected chi connectivity index (χ4v) is 3.63. The minimum absolute atomic E-state index is 0.759. The number of hydrogen-bond acceptors (Lipinski definition) is 3. The van der Waals surface area contributed by atoms with Crippen molar-refractivity contribution in [3.63, 3.8) is 0 Å². The molecule has 0 aromatic heterocycles. The molecule has 1 aromatic carbocycles. The second-order valence-corrected chi connectivity index (χ2v) is 9.09. The second kappa shape index (κ2) is 5.46. The van der Waals surface area contributed by atoms with Crippen LogP contribution in [0.4, 0.5) is 5.69 Å². The highest BCUT2D eigenvalue weighted by atomic mass is 31.2. The van der Waals surface area contributed by atoms with E-state index in [4.69, 9.17) is 0 Å². The van der Waals surface area contributed by atoms with Crippen molar-refractivity contribution < 1.29 is 4.57 Å². The summed E-state index contributed by atoms with van der Waals surface area (Å²) in [5.41, 5.74) is 2.60. The molecule has 1 aromatic rings. The topological polar surface area (TPSA) is 23.6 Å². The molecule has 1 aliphatic heterocycles. The van der Waals surface area contributed by atoms with E-state index >= 15 is 0 Å².